The van der Waals surface area contributed by atoms with E-state index in [-0.39, 0.29) is 5.84 Å². The molecule has 1 rings (SSSR count). The predicted molar refractivity (Wildman–Crippen MR) is 78.8 cm³/mol. The van der Waals surface area contributed by atoms with Crippen molar-refractivity contribution < 1.29 is 0 Å². The van der Waals surface area contributed by atoms with Crippen LogP contribution < -0.4 is 10.6 Å². The molecular formula is C12H21N5S. The van der Waals surface area contributed by atoms with E-state index in [9.17, 15) is 0 Å². The number of nitrogens with one attached hydrogen (secondary N) is 1. The van der Waals surface area contributed by atoms with Crippen LogP contribution in [0.15, 0.2) is 0 Å². The van der Waals surface area contributed by atoms with Gasteiger partial charge in [-0.3, -0.25) is 5.41 Å². The molecule has 0 aromatic carbocycles. The molecule has 0 saturated carbocycles. The maximum Gasteiger partial charge on any atom is 0.162 e. The molecule has 0 aliphatic carbocycles. The molecule has 0 fully saturated rings. The lowest BCUT2D eigenvalue weighted by Gasteiger charge is -2.27. The van der Waals surface area contributed by atoms with Crippen LogP contribution in [-0.4, -0.2) is 41.1 Å². The molecule has 1 atom stereocenters. The minimum Gasteiger partial charge on any atom is -0.384 e. The van der Waals surface area contributed by atoms with E-state index in [0.29, 0.717) is 17.4 Å². The van der Waals surface area contributed by atoms with Crippen LogP contribution in [0.3, 0.4) is 0 Å². The Morgan fingerprint density at radius 3 is 2.56 bits per heavy atom. The van der Waals surface area contributed by atoms with Gasteiger partial charge in [0.2, 0.25) is 0 Å². The van der Waals surface area contributed by atoms with Crippen LogP contribution in [0.2, 0.25) is 0 Å². The summed E-state index contributed by atoms with van der Waals surface area (Å²) in [6, 6.07) is 0.314. The highest BCUT2D eigenvalue weighted by Crippen LogP contribution is 2.22. The number of hydrogen-bond donors (Lipinski definition) is 2. The summed E-state index contributed by atoms with van der Waals surface area (Å²) < 4.78 is 0. The first kappa shape index (κ1) is 14.8. The molecule has 100 valence electrons. The molecule has 5 nitrogen and oxygen atoms in total. The second kappa shape index (κ2) is 6.04. The largest absolute Gasteiger partial charge is 0.384 e. The van der Waals surface area contributed by atoms with Crippen LogP contribution >= 0.6 is 11.8 Å². The zero-order valence-electron chi connectivity index (χ0n) is 11.6. The number of nitrogens with zero attached hydrogens (tertiary/aromatic N) is 3. The average Bonchev–Trinajstić information content (AvgIpc) is 2.31. The highest BCUT2D eigenvalue weighted by Gasteiger charge is 2.20. The summed E-state index contributed by atoms with van der Waals surface area (Å²) in [5, 5.41) is 16.1. The number of rotatable bonds is 5. The van der Waals surface area contributed by atoms with Gasteiger partial charge >= 0.3 is 0 Å². The number of amidine groups is 1. The van der Waals surface area contributed by atoms with Crippen LogP contribution in [0.1, 0.15) is 23.7 Å². The van der Waals surface area contributed by atoms with E-state index >= 15 is 0 Å². The van der Waals surface area contributed by atoms with Crippen molar-refractivity contribution in [2.24, 2.45) is 5.73 Å². The summed E-state index contributed by atoms with van der Waals surface area (Å²) >= 11 is 1.78. The number of anilines is 1. The summed E-state index contributed by atoms with van der Waals surface area (Å²) in [6.07, 6.45) is 2.07. The summed E-state index contributed by atoms with van der Waals surface area (Å²) in [4.78, 5) is 2.03. The molecule has 0 spiro atoms. The molecule has 3 N–H and O–H groups in total. The van der Waals surface area contributed by atoms with Gasteiger partial charge in [-0.1, -0.05) is 0 Å². The molecule has 6 heteroatoms. The molecule has 1 aromatic rings. The fourth-order valence-corrected chi connectivity index (χ4v) is 2.43. The fourth-order valence-electron chi connectivity index (χ4n) is 1.73. The topological polar surface area (TPSA) is 78.9 Å². The lowest BCUT2D eigenvalue weighted by molar-refractivity contribution is 0.738. The van der Waals surface area contributed by atoms with Crippen molar-refractivity contribution in [1.82, 2.24) is 10.2 Å². The Labute approximate surface area is 113 Å². The number of aromatic nitrogens is 2. The molecule has 1 heterocycles. The Balaban J connectivity index is 3.24. The fraction of sp³-hybridized carbons (Fsp3) is 0.583. The minimum absolute atomic E-state index is 0.0451. The molecule has 0 saturated heterocycles. The number of hydrogen-bond acceptors (Lipinski definition) is 5. The summed E-state index contributed by atoms with van der Waals surface area (Å²) in [6.45, 7) is 5.93. The maximum absolute atomic E-state index is 7.73. The monoisotopic (exact) mass is 267 g/mol. The van der Waals surface area contributed by atoms with Crippen LogP contribution in [0.5, 0.6) is 0 Å². The molecule has 1 aromatic heterocycles. The van der Waals surface area contributed by atoms with E-state index in [1.165, 1.54) is 0 Å². The van der Waals surface area contributed by atoms with Crippen molar-refractivity contribution in [3.63, 3.8) is 0 Å². The van der Waals surface area contributed by atoms with Crippen molar-refractivity contribution in [2.75, 3.05) is 24.0 Å². The van der Waals surface area contributed by atoms with Gasteiger partial charge in [-0.2, -0.15) is 16.9 Å². The second-order valence-electron chi connectivity index (χ2n) is 4.44. The van der Waals surface area contributed by atoms with E-state index in [2.05, 4.69) is 23.4 Å². The summed E-state index contributed by atoms with van der Waals surface area (Å²) in [5.41, 5.74) is 8.11. The first-order valence-electron chi connectivity index (χ1n) is 5.80. The highest BCUT2D eigenvalue weighted by atomic mass is 32.2. The summed E-state index contributed by atoms with van der Waals surface area (Å²) in [7, 11) is 1.96. The molecule has 0 aliphatic rings. The molecule has 0 radical (unpaired) electrons. The highest BCUT2D eigenvalue weighted by molar-refractivity contribution is 7.98. The lowest BCUT2D eigenvalue weighted by atomic mass is 10.1. The van der Waals surface area contributed by atoms with Gasteiger partial charge in [0.25, 0.3) is 0 Å². The van der Waals surface area contributed by atoms with Crippen molar-refractivity contribution in [1.29, 1.82) is 5.41 Å². The van der Waals surface area contributed by atoms with Gasteiger partial charge < -0.3 is 10.6 Å². The van der Waals surface area contributed by atoms with Gasteiger partial charge in [0.05, 0.1) is 11.3 Å². The number of aryl methyl sites for hydroxylation is 1. The zero-order valence-corrected chi connectivity index (χ0v) is 12.4. The lowest BCUT2D eigenvalue weighted by Crippen LogP contribution is -2.34. The van der Waals surface area contributed by atoms with Crippen LogP contribution in [-0.2, 0) is 0 Å². The third-order valence-corrected chi connectivity index (χ3v) is 3.92. The van der Waals surface area contributed by atoms with E-state index in [4.69, 9.17) is 11.1 Å². The molecule has 0 amide bonds. The predicted octanol–water partition coefficient (Wildman–Crippen LogP) is 1.57. The Morgan fingerprint density at radius 1 is 1.44 bits per heavy atom. The third-order valence-electron chi connectivity index (χ3n) is 3.11. The summed E-state index contributed by atoms with van der Waals surface area (Å²) in [5.74, 6) is 1.72. The van der Waals surface area contributed by atoms with Gasteiger partial charge in [-0.15, -0.1) is 5.10 Å². The molecule has 0 bridgehead atoms. The first-order chi connectivity index (χ1) is 8.40. The Kier molecular flexibility index (Phi) is 4.95. The van der Waals surface area contributed by atoms with Crippen molar-refractivity contribution >= 4 is 23.4 Å². The Hall–Kier alpha value is -1.30. The second-order valence-corrected chi connectivity index (χ2v) is 5.35. The third kappa shape index (κ3) is 2.93. The van der Waals surface area contributed by atoms with Gasteiger partial charge in [0, 0.05) is 18.8 Å². The van der Waals surface area contributed by atoms with E-state index < -0.39 is 0 Å². The van der Waals surface area contributed by atoms with Crippen LogP contribution in [0.25, 0.3) is 0 Å². The normalized spacial score (nSPS) is 12.3. The van der Waals surface area contributed by atoms with Crippen molar-refractivity contribution in [3.05, 3.63) is 16.8 Å². The molecule has 18 heavy (non-hydrogen) atoms. The van der Waals surface area contributed by atoms with Crippen molar-refractivity contribution in [3.8, 4) is 0 Å². The Morgan fingerprint density at radius 2 is 2.06 bits per heavy atom. The standard InChI is InChI=1S/C12H21N5S/c1-7(6-18-5)17(4)12-10(11(13)14)8(2)9(3)15-16-12/h7H,6H2,1-5H3,(H3,13,14). The first-order valence-corrected chi connectivity index (χ1v) is 7.19. The van der Waals surface area contributed by atoms with Gasteiger partial charge in [-0.25, -0.2) is 0 Å². The van der Waals surface area contributed by atoms with Gasteiger partial charge in [-0.05, 0) is 32.6 Å². The van der Waals surface area contributed by atoms with E-state index in [0.717, 1.165) is 17.0 Å². The van der Waals surface area contributed by atoms with Crippen LogP contribution in [0.4, 0.5) is 5.82 Å². The SMILES string of the molecule is CSCC(C)N(C)c1nnc(C)c(C)c1C(=N)N. The van der Waals surface area contributed by atoms with Gasteiger partial charge in [0.15, 0.2) is 5.82 Å². The van der Waals surface area contributed by atoms with E-state index in [1.807, 2.05) is 25.8 Å². The van der Waals surface area contributed by atoms with Crippen LogP contribution in [0, 0.1) is 19.3 Å². The maximum atomic E-state index is 7.73. The molecule has 0 aliphatic heterocycles. The quantitative estimate of drug-likeness (QED) is 0.625. The number of nitrogen functional groups attached to an aromatic ring is 1. The van der Waals surface area contributed by atoms with Gasteiger partial charge in [0.1, 0.15) is 5.84 Å². The molecular weight excluding hydrogens is 246 g/mol. The number of thioether (sulfide) groups is 1. The zero-order chi connectivity index (χ0) is 13.9. The minimum atomic E-state index is 0.0451. The molecule has 1 unspecified atom stereocenters. The van der Waals surface area contributed by atoms with Crippen molar-refractivity contribution in [2.45, 2.75) is 26.8 Å². The average molecular weight is 267 g/mol. The smallest absolute Gasteiger partial charge is 0.162 e. The number of nitrogens with two attached hydrogens (primary N) is 1. The van der Waals surface area contributed by atoms with E-state index in [1.54, 1.807) is 11.8 Å². The Bertz CT molecular complexity index is 446.